The second-order valence-corrected chi connectivity index (χ2v) is 5.25. The van der Waals surface area contributed by atoms with Crippen LogP contribution in [0, 0.1) is 6.92 Å². The molecule has 0 fully saturated rings. The molecular weight excluding hydrogens is 230 g/mol. The maximum Gasteiger partial charge on any atom is 0.201 e. The summed E-state index contributed by atoms with van der Waals surface area (Å²) in [6.07, 6.45) is 4.53. The SMILES string of the molecule is CSCCCCn1c(N)nc2cccc(C)c21. The molecule has 1 aromatic heterocycles. The van der Waals surface area contributed by atoms with Gasteiger partial charge in [-0.05, 0) is 43.4 Å². The number of fused-ring (bicyclic) bond motifs is 1. The molecular formula is C13H19N3S. The zero-order chi connectivity index (χ0) is 12.3. The van der Waals surface area contributed by atoms with E-state index < -0.39 is 0 Å². The number of aryl methyl sites for hydroxylation is 2. The molecule has 0 spiro atoms. The Morgan fingerprint density at radius 2 is 2.18 bits per heavy atom. The summed E-state index contributed by atoms with van der Waals surface area (Å²) in [6.45, 7) is 3.08. The van der Waals surface area contributed by atoms with E-state index in [1.165, 1.54) is 23.3 Å². The van der Waals surface area contributed by atoms with Gasteiger partial charge in [-0.3, -0.25) is 0 Å². The molecule has 0 bridgehead atoms. The number of nitrogen functional groups attached to an aromatic ring is 1. The molecule has 0 unspecified atom stereocenters. The summed E-state index contributed by atoms with van der Waals surface area (Å²) in [5, 5.41) is 0. The number of hydrogen-bond donors (Lipinski definition) is 1. The van der Waals surface area contributed by atoms with Gasteiger partial charge in [0.2, 0.25) is 5.95 Å². The molecule has 4 heteroatoms. The number of unbranched alkanes of at least 4 members (excludes halogenated alkanes) is 1. The lowest BCUT2D eigenvalue weighted by atomic mass is 10.2. The predicted octanol–water partition coefficient (Wildman–Crippen LogP) is 3.07. The van der Waals surface area contributed by atoms with Crippen molar-refractivity contribution in [2.45, 2.75) is 26.3 Å². The number of nitrogens with zero attached hydrogens (tertiary/aromatic N) is 2. The molecule has 1 heterocycles. The topological polar surface area (TPSA) is 43.8 Å². The van der Waals surface area contributed by atoms with Crippen LogP contribution >= 0.6 is 11.8 Å². The van der Waals surface area contributed by atoms with E-state index in [9.17, 15) is 0 Å². The van der Waals surface area contributed by atoms with Crippen molar-refractivity contribution in [1.29, 1.82) is 0 Å². The average Bonchev–Trinajstić information content (AvgIpc) is 2.62. The van der Waals surface area contributed by atoms with Crippen molar-refractivity contribution in [2.75, 3.05) is 17.7 Å². The Kier molecular flexibility index (Phi) is 3.94. The normalized spacial score (nSPS) is 11.2. The Balaban J connectivity index is 2.23. The number of anilines is 1. The summed E-state index contributed by atoms with van der Waals surface area (Å²) in [4.78, 5) is 4.41. The lowest BCUT2D eigenvalue weighted by Crippen LogP contribution is -2.04. The van der Waals surface area contributed by atoms with Crippen LogP contribution in [0.5, 0.6) is 0 Å². The average molecular weight is 249 g/mol. The number of aromatic nitrogens is 2. The van der Waals surface area contributed by atoms with Crippen molar-refractivity contribution in [3.05, 3.63) is 23.8 Å². The van der Waals surface area contributed by atoms with Gasteiger partial charge in [0.25, 0.3) is 0 Å². The monoisotopic (exact) mass is 249 g/mol. The smallest absolute Gasteiger partial charge is 0.201 e. The Morgan fingerprint density at radius 1 is 1.35 bits per heavy atom. The maximum absolute atomic E-state index is 5.98. The van der Waals surface area contributed by atoms with Gasteiger partial charge in [0.05, 0.1) is 11.0 Å². The Hall–Kier alpha value is -1.16. The van der Waals surface area contributed by atoms with Crippen LogP contribution in [0.25, 0.3) is 11.0 Å². The van der Waals surface area contributed by atoms with Gasteiger partial charge in [-0.25, -0.2) is 4.98 Å². The van der Waals surface area contributed by atoms with Crippen molar-refractivity contribution in [3.8, 4) is 0 Å². The van der Waals surface area contributed by atoms with Crippen LogP contribution in [0.4, 0.5) is 5.95 Å². The van der Waals surface area contributed by atoms with Gasteiger partial charge in [0, 0.05) is 6.54 Å². The summed E-state index contributed by atoms with van der Waals surface area (Å²) >= 11 is 1.89. The van der Waals surface area contributed by atoms with Gasteiger partial charge < -0.3 is 10.3 Å². The van der Waals surface area contributed by atoms with E-state index in [4.69, 9.17) is 5.73 Å². The molecule has 1 aromatic carbocycles. The zero-order valence-electron chi connectivity index (χ0n) is 10.4. The fraction of sp³-hybridized carbons (Fsp3) is 0.462. The number of benzene rings is 1. The fourth-order valence-corrected chi connectivity index (χ4v) is 2.62. The van der Waals surface area contributed by atoms with Crippen molar-refractivity contribution < 1.29 is 0 Å². The predicted molar refractivity (Wildman–Crippen MR) is 76.5 cm³/mol. The van der Waals surface area contributed by atoms with Crippen LogP contribution in [0.3, 0.4) is 0 Å². The fourth-order valence-electron chi connectivity index (χ4n) is 2.13. The number of thioether (sulfide) groups is 1. The minimum Gasteiger partial charge on any atom is -0.369 e. The lowest BCUT2D eigenvalue weighted by molar-refractivity contribution is 0.656. The second-order valence-electron chi connectivity index (χ2n) is 4.26. The minimum atomic E-state index is 0.637. The van der Waals surface area contributed by atoms with E-state index in [0.717, 1.165) is 18.5 Å². The first-order valence-corrected chi connectivity index (χ1v) is 7.33. The van der Waals surface area contributed by atoms with Crippen LogP contribution in [0.15, 0.2) is 18.2 Å². The summed E-state index contributed by atoms with van der Waals surface area (Å²) in [6, 6.07) is 6.17. The first-order valence-electron chi connectivity index (χ1n) is 5.94. The molecule has 0 aliphatic rings. The van der Waals surface area contributed by atoms with Crippen molar-refractivity contribution >= 4 is 28.7 Å². The summed E-state index contributed by atoms with van der Waals surface area (Å²) in [5.41, 5.74) is 9.43. The van der Waals surface area contributed by atoms with Crippen LogP contribution in [-0.2, 0) is 6.54 Å². The third-order valence-electron chi connectivity index (χ3n) is 2.98. The summed E-state index contributed by atoms with van der Waals surface area (Å²) in [7, 11) is 0. The standard InChI is InChI=1S/C13H19N3S/c1-10-6-5-7-11-12(10)16(13(14)15-11)8-3-4-9-17-2/h5-7H,3-4,8-9H2,1-2H3,(H2,14,15). The third-order valence-corrected chi connectivity index (χ3v) is 3.68. The number of hydrogen-bond acceptors (Lipinski definition) is 3. The van der Waals surface area contributed by atoms with E-state index >= 15 is 0 Å². The largest absolute Gasteiger partial charge is 0.369 e. The highest BCUT2D eigenvalue weighted by molar-refractivity contribution is 7.98. The van der Waals surface area contributed by atoms with Gasteiger partial charge in [-0.2, -0.15) is 11.8 Å². The van der Waals surface area contributed by atoms with Gasteiger partial charge in [-0.15, -0.1) is 0 Å². The molecule has 0 amide bonds. The van der Waals surface area contributed by atoms with Crippen LogP contribution < -0.4 is 5.73 Å². The Morgan fingerprint density at radius 3 is 2.94 bits per heavy atom. The first kappa shape index (κ1) is 12.3. The Labute approximate surface area is 106 Å². The van der Waals surface area contributed by atoms with E-state index in [0.29, 0.717) is 5.95 Å². The zero-order valence-corrected chi connectivity index (χ0v) is 11.3. The van der Waals surface area contributed by atoms with Crippen molar-refractivity contribution in [2.24, 2.45) is 0 Å². The maximum atomic E-state index is 5.98. The Bertz CT molecular complexity index is 505. The summed E-state index contributed by atoms with van der Waals surface area (Å²) in [5.74, 6) is 1.85. The van der Waals surface area contributed by atoms with Crippen LogP contribution in [-0.4, -0.2) is 21.6 Å². The quantitative estimate of drug-likeness (QED) is 0.828. The molecule has 0 aliphatic heterocycles. The molecule has 0 saturated carbocycles. The van der Waals surface area contributed by atoms with Gasteiger partial charge in [-0.1, -0.05) is 12.1 Å². The van der Waals surface area contributed by atoms with Crippen LogP contribution in [0.1, 0.15) is 18.4 Å². The molecule has 3 nitrogen and oxygen atoms in total. The molecule has 92 valence electrons. The first-order chi connectivity index (χ1) is 8.24. The van der Waals surface area contributed by atoms with Gasteiger partial charge >= 0.3 is 0 Å². The number of nitrogens with two attached hydrogens (primary N) is 1. The summed E-state index contributed by atoms with van der Waals surface area (Å²) < 4.78 is 2.14. The van der Waals surface area contributed by atoms with Gasteiger partial charge in [0.15, 0.2) is 0 Å². The molecule has 2 rings (SSSR count). The highest BCUT2D eigenvalue weighted by Gasteiger charge is 2.09. The van der Waals surface area contributed by atoms with E-state index in [2.05, 4.69) is 28.8 Å². The lowest BCUT2D eigenvalue weighted by Gasteiger charge is -2.07. The molecule has 0 saturated heterocycles. The van der Waals surface area contributed by atoms with Crippen molar-refractivity contribution in [1.82, 2.24) is 9.55 Å². The number of imidazole rings is 1. The highest BCUT2D eigenvalue weighted by Crippen LogP contribution is 2.21. The van der Waals surface area contributed by atoms with Gasteiger partial charge in [0.1, 0.15) is 0 Å². The van der Waals surface area contributed by atoms with E-state index in [1.54, 1.807) is 0 Å². The minimum absolute atomic E-state index is 0.637. The number of para-hydroxylation sites is 1. The highest BCUT2D eigenvalue weighted by atomic mass is 32.2. The van der Waals surface area contributed by atoms with Crippen molar-refractivity contribution in [3.63, 3.8) is 0 Å². The third kappa shape index (κ3) is 2.57. The number of rotatable bonds is 5. The molecule has 17 heavy (non-hydrogen) atoms. The molecule has 2 aromatic rings. The van der Waals surface area contributed by atoms with E-state index in [-0.39, 0.29) is 0 Å². The van der Waals surface area contributed by atoms with E-state index in [1.807, 2.05) is 23.9 Å². The molecule has 0 aliphatic carbocycles. The van der Waals surface area contributed by atoms with Crippen LogP contribution in [0.2, 0.25) is 0 Å². The molecule has 2 N–H and O–H groups in total. The molecule has 0 radical (unpaired) electrons. The second kappa shape index (κ2) is 5.45. The molecule has 0 atom stereocenters.